The second-order valence-electron chi connectivity index (χ2n) is 11.7. The zero-order chi connectivity index (χ0) is 25.5. The van der Waals surface area contributed by atoms with E-state index in [4.69, 9.17) is 4.74 Å². The number of halogens is 1. The average molecular weight is 505 g/mol. The fourth-order valence-corrected chi connectivity index (χ4v) is 7.91. The van der Waals surface area contributed by atoms with Crippen molar-refractivity contribution in [3.63, 3.8) is 0 Å². The van der Waals surface area contributed by atoms with E-state index in [2.05, 4.69) is 4.90 Å². The predicted molar refractivity (Wildman–Crippen MR) is 137 cm³/mol. The Morgan fingerprint density at radius 1 is 1.24 bits per heavy atom. The van der Waals surface area contributed by atoms with Gasteiger partial charge in [0, 0.05) is 31.3 Å². The molecule has 0 radical (unpaired) electrons. The Morgan fingerprint density at radius 3 is 2.86 bits per heavy atom. The Kier molecular flexibility index (Phi) is 5.05. The molecule has 2 N–H and O–H groups in total. The molecule has 0 unspecified atom stereocenters. The van der Waals surface area contributed by atoms with Crippen LogP contribution in [0.2, 0.25) is 0 Å². The maximum absolute atomic E-state index is 13.6. The summed E-state index contributed by atoms with van der Waals surface area (Å²) in [6.45, 7) is 1.91. The number of ether oxygens (including phenoxy) is 1. The number of hydrogen-bond donors (Lipinski definition) is 2. The number of phenolic OH excluding ortho intramolecular Hbond substituents is 1. The summed E-state index contributed by atoms with van der Waals surface area (Å²) in [4.78, 5) is 17.5. The Balaban J connectivity index is 1.25. The summed E-state index contributed by atoms with van der Waals surface area (Å²) in [7, 11) is 1.78. The van der Waals surface area contributed by atoms with Crippen molar-refractivity contribution in [3.05, 3.63) is 65.0 Å². The molecule has 5 atom stereocenters. The molecule has 37 heavy (non-hydrogen) atoms. The molecule has 194 valence electrons. The lowest BCUT2D eigenvalue weighted by Gasteiger charge is -2.64. The molecule has 7 rings (SSSR count). The number of aliphatic hydroxyl groups is 1. The van der Waals surface area contributed by atoms with Crippen LogP contribution in [0.25, 0.3) is 6.08 Å². The lowest BCUT2D eigenvalue weighted by atomic mass is 9.48. The van der Waals surface area contributed by atoms with Gasteiger partial charge in [0.25, 0.3) is 0 Å². The van der Waals surface area contributed by atoms with Crippen molar-refractivity contribution < 1.29 is 24.1 Å². The average Bonchev–Trinajstić information content (AvgIpc) is 3.62. The molecular weight excluding hydrogens is 471 g/mol. The standard InChI is InChI=1S/C30H33FN2O4/c1-32(25(35)10-7-18-3-2-4-21(31)15-18)22-11-12-30(36)24-16-20-8-9-23(34)27-26(20)29(30,28(22)37-27)13-14-33(24)17-19-5-6-19/h2-4,7-10,15,19,22,24,28,34,36H,5-6,11-14,16-17H2,1H3/b10-7+/t22-,24+,28+,29+,30-/m1/s1. The Morgan fingerprint density at radius 2 is 2.08 bits per heavy atom. The number of phenols is 1. The number of likely N-dealkylation sites (N-methyl/N-ethyl adjacent to an activating group) is 1. The Labute approximate surface area is 216 Å². The summed E-state index contributed by atoms with van der Waals surface area (Å²) in [5.41, 5.74) is 1.09. The van der Waals surface area contributed by atoms with E-state index in [-0.39, 0.29) is 29.6 Å². The molecule has 2 aliphatic heterocycles. The van der Waals surface area contributed by atoms with Gasteiger partial charge in [-0.25, -0.2) is 4.39 Å². The second kappa shape index (κ2) is 8.05. The van der Waals surface area contributed by atoms with Crippen molar-refractivity contribution in [1.82, 2.24) is 9.80 Å². The molecule has 2 saturated carbocycles. The van der Waals surface area contributed by atoms with Crippen molar-refractivity contribution in [2.45, 2.75) is 67.7 Å². The normalized spacial score (nSPS) is 33.8. The van der Waals surface area contributed by atoms with E-state index in [1.165, 1.54) is 31.1 Å². The van der Waals surface area contributed by atoms with Crippen LogP contribution in [0.3, 0.4) is 0 Å². The minimum atomic E-state index is -0.978. The van der Waals surface area contributed by atoms with Gasteiger partial charge in [-0.05, 0) is 86.4 Å². The zero-order valence-electron chi connectivity index (χ0n) is 21.1. The molecule has 2 aromatic carbocycles. The molecule has 3 aliphatic carbocycles. The number of hydrogen-bond acceptors (Lipinski definition) is 5. The molecule has 1 spiro atoms. The van der Waals surface area contributed by atoms with Crippen LogP contribution in [0, 0.1) is 11.7 Å². The maximum atomic E-state index is 13.6. The smallest absolute Gasteiger partial charge is 0.246 e. The van der Waals surface area contributed by atoms with Crippen LogP contribution in [0.4, 0.5) is 4.39 Å². The van der Waals surface area contributed by atoms with E-state index >= 15 is 0 Å². The zero-order valence-corrected chi connectivity index (χ0v) is 21.1. The number of amides is 1. The van der Waals surface area contributed by atoms with Crippen molar-refractivity contribution in [2.75, 3.05) is 20.1 Å². The first-order valence-electron chi connectivity index (χ1n) is 13.5. The maximum Gasteiger partial charge on any atom is 0.246 e. The number of likely N-dealkylation sites (tertiary alicyclic amines) is 1. The van der Waals surface area contributed by atoms with E-state index in [1.807, 2.05) is 6.07 Å². The predicted octanol–water partition coefficient (Wildman–Crippen LogP) is 3.64. The van der Waals surface area contributed by atoms with Crippen LogP contribution in [-0.4, -0.2) is 69.8 Å². The molecule has 3 fully saturated rings. The highest BCUT2D eigenvalue weighted by Gasteiger charge is 2.73. The van der Waals surface area contributed by atoms with Crippen molar-refractivity contribution in [3.8, 4) is 11.5 Å². The summed E-state index contributed by atoms with van der Waals surface area (Å²) in [5.74, 6) is 0.774. The van der Waals surface area contributed by atoms with Crippen molar-refractivity contribution in [1.29, 1.82) is 0 Å². The van der Waals surface area contributed by atoms with Gasteiger partial charge in [-0.3, -0.25) is 9.69 Å². The number of rotatable bonds is 5. The number of carbonyl (C=O) groups is 1. The van der Waals surface area contributed by atoms with Crippen LogP contribution in [-0.2, 0) is 16.6 Å². The van der Waals surface area contributed by atoms with Crippen LogP contribution < -0.4 is 4.74 Å². The third-order valence-electron chi connectivity index (χ3n) is 9.84. The lowest BCUT2D eigenvalue weighted by molar-refractivity contribution is -0.200. The highest BCUT2D eigenvalue weighted by Crippen LogP contribution is 2.66. The van der Waals surface area contributed by atoms with Gasteiger partial charge in [0.05, 0.1) is 17.1 Å². The Hall–Kier alpha value is -2.90. The monoisotopic (exact) mass is 504 g/mol. The highest BCUT2D eigenvalue weighted by atomic mass is 19.1. The summed E-state index contributed by atoms with van der Waals surface area (Å²) in [6, 6.07) is 9.58. The second-order valence-corrected chi connectivity index (χ2v) is 11.7. The molecule has 7 heteroatoms. The molecular formula is C30H33FN2O4. The van der Waals surface area contributed by atoms with Crippen LogP contribution in [0.15, 0.2) is 42.5 Å². The van der Waals surface area contributed by atoms with Crippen LogP contribution in [0.1, 0.15) is 48.8 Å². The number of benzene rings is 2. The van der Waals surface area contributed by atoms with Crippen molar-refractivity contribution in [2.24, 2.45) is 5.92 Å². The number of piperidine rings is 1. The first-order valence-corrected chi connectivity index (χ1v) is 13.5. The molecule has 0 aromatic heterocycles. The first kappa shape index (κ1) is 23.2. The minimum absolute atomic E-state index is 0.00535. The molecule has 1 amide bonds. The molecule has 2 aromatic rings. The third-order valence-corrected chi connectivity index (χ3v) is 9.84. The van der Waals surface area contributed by atoms with Gasteiger partial charge in [0.1, 0.15) is 11.9 Å². The third kappa shape index (κ3) is 3.26. The van der Waals surface area contributed by atoms with E-state index in [0.717, 1.165) is 43.0 Å². The van der Waals surface area contributed by atoms with Gasteiger partial charge in [-0.1, -0.05) is 18.2 Å². The topological polar surface area (TPSA) is 73.2 Å². The van der Waals surface area contributed by atoms with Gasteiger partial charge in [0.2, 0.25) is 5.91 Å². The van der Waals surface area contributed by atoms with Gasteiger partial charge in [-0.15, -0.1) is 0 Å². The SMILES string of the molecule is CN(C(=O)/C=C/c1cccc(F)c1)[C@@H]1CC[C@@]2(O)[C@@H]3Cc4ccc(O)c5c4[C@@]2(CCN3CC2CC2)[C@H]1O5. The van der Waals surface area contributed by atoms with Crippen LogP contribution in [0.5, 0.6) is 11.5 Å². The number of carbonyl (C=O) groups excluding carboxylic acids is 1. The van der Waals surface area contributed by atoms with E-state index in [0.29, 0.717) is 24.2 Å². The highest BCUT2D eigenvalue weighted by molar-refractivity contribution is 5.92. The van der Waals surface area contributed by atoms with Crippen LogP contribution >= 0.6 is 0 Å². The molecule has 2 bridgehead atoms. The largest absolute Gasteiger partial charge is 0.504 e. The molecule has 2 heterocycles. The van der Waals surface area contributed by atoms with Crippen molar-refractivity contribution >= 4 is 12.0 Å². The number of aromatic hydroxyl groups is 1. The first-order chi connectivity index (χ1) is 17.8. The summed E-state index contributed by atoms with van der Waals surface area (Å²) in [6.07, 6.45) is 7.85. The van der Waals surface area contributed by atoms with E-state index in [9.17, 15) is 19.4 Å². The van der Waals surface area contributed by atoms with Gasteiger partial charge >= 0.3 is 0 Å². The molecule has 5 aliphatic rings. The minimum Gasteiger partial charge on any atom is -0.504 e. The summed E-state index contributed by atoms with van der Waals surface area (Å²) in [5, 5.41) is 23.4. The summed E-state index contributed by atoms with van der Waals surface area (Å²) < 4.78 is 20.2. The number of nitrogens with zero attached hydrogens (tertiary/aromatic N) is 2. The van der Waals surface area contributed by atoms with Gasteiger partial charge < -0.3 is 19.8 Å². The summed E-state index contributed by atoms with van der Waals surface area (Å²) >= 11 is 0. The fourth-order valence-electron chi connectivity index (χ4n) is 7.91. The molecule has 6 nitrogen and oxygen atoms in total. The Bertz CT molecular complexity index is 1310. The quantitative estimate of drug-likeness (QED) is 0.609. The van der Waals surface area contributed by atoms with E-state index in [1.54, 1.807) is 36.2 Å². The molecule has 1 saturated heterocycles. The fraction of sp³-hybridized carbons (Fsp3) is 0.500. The van der Waals surface area contributed by atoms with Gasteiger partial charge in [-0.2, -0.15) is 0 Å². The van der Waals surface area contributed by atoms with E-state index < -0.39 is 17.1 Å². The van der Waals surface area contributed by atoms with Gasteiger partial charge in [0.15, 0.2) is 11.5 Å². The lowest BCUT2D eigenvalue weighted by Crippen LogP contribution is -2.78.